The number of hydrogen-bond donors (Lipinski definition) is 1. The smallest absolute Gasteiger partial charge is 0.417 e. The van der Waals surface area contributed by atoms with Crippen LogP contribution in [0.3, 0.4) is 0 Å². The minimum absolute atomic E-state index is 0.0679. The molecule has 1 aliphatic heterocycles. The summed E-state index contributed by atoms with van der Waals surface area (Å²) in [6, 6.07) is 3.33. The Morgan fingerprint density at radius 3 is 2.59 bits per heavy atom. The third kappa shape index (κ3) is 3.60. The van der Waals surface area contributed by atoms with Crippen LogP contribution in [0.15, 0.2) is 22.7 Å². The second kappa shape index (κ2) is 6.28. The van der Waals surface area contributed by atoms with E-state index in [1.807, 2.05) is 0 Å². The van der Waals surface area contributed by atoms with Gasteiger partial charge in [-0.05, 0) is 31.0 Å². The van der Waals surface area contributed by atoms with Crippen molar-refractivity contribution in [2.45, 2.75) is 19.0 Å². The van der Waals surface area contributed by atoms with Crippen LogP contribution in [-0.2, 0) is 11.0 Å². The zero-order valence-corrected chi connectivity index (χ0v) is 12.9. The van der Waals surface area contributed by atoms with Crippen LogP contribution < -0.4 is 0 Å². The van der Waals surface area contributed by atoms with Crippen LogP contribution in [0.25, 0.3) is 0 Å². The lowest BCUT2D eigenvalue weighted by molar-refractivity contribution is -0.143. The van der Waals surface area contributed by atoms with Gasteiger partial charge < -0.3 is 10.0 Å². The first-order valence-electron chi connectivity index (χ1n) is 6.59. The molecule has 4 nitrogen and oxygen atoms in total. The first-order chi connectivity index (χ1) is 10.2. The Morgan fingerprint density at radius 2 is 2.00 bits per heavy atom. The Kier molecular flexibility index (Phi) is 4.79. The van der Waals surface area contributed by atoms with Gasteiger partial charge in [-0.2, -0.15) is 13.2 Å². The molecule has 1 saturated heterocycles. The van der Waals surface area contributed by atoms with Crippen LogP contribution in [-0.4, -0.2) is 35.0 Å². The summed E-state index contributed by atoms with van der Waals surface area (Å²) in [4.78, 5) is 24.6. The normalized spacial score (nSPS) is 19.1. The fourth-order valence-corrected chi connectivity index (χ4v) is 2.83. The number of rotatable bonds is 2. The summed E-state index contributed by atoms with van der Waals surface area (Å²) in [5.41, 5.74) is -1.48. The van der Waals surface area contributed by atoms with Gasteiger partial charge >= 0.3 is 12.1 Å². The quantitative estimate of drug-likeness (QED) is 0.856. The van der Waals surface area contributed by atoms with Crippen LogP contribution in [0.2, 0.25) is 0 Å². The molecule has 1 atom stereocenters. The Labute approximate surface area is 133 Å². The van der Waals surface area contributed by atoms with Gasteiger partial charge in [0.15, 0.2) is 0 Å². The van der Waals surface area contributed by atoms with E-state index in [1.54, 1.807) is 0 Å². The minimum Gasteiger partial charge on any atom is -0.481 e. The Balaban J connectivity index is 2.31. The van der Waals surface area contributed by atoms with Crippen molar-refractivity contribution in [3.8, 4) is 0 Å². The lowest BCUT2D eigenvalue weighted by atomic mass is 9.97. The zero-order chi connectivity index (χ0) is 16.5. The highest BCUT2D eigenvalue weighted by atomic mass is 79.9. The number of likely N-dealkylation sites (tertiary alicyclic amines) is 1. The fourth-order valence-electron chi connectivity index (χ4n) is 2.47. The number of carbonyl (C=O) groups excluding carboxylic acids is 1. The van der Waals surface area contributed by atoms with Crippen LogP contribution in [0.4, 0.5) is 13.2 Å². The molecule has 1 aliphatic rings. The number of alkyl halides is 3. The highest BCUT2D eigenvalue weighted by Crippen LogP contribution is 2.35. The first kappa shape index (κ1) is 16.8. The van der Waals surface area contributed by atoms with E-state index in [2.05, 4.69) is 15.9 Å². The molecular weight excluding hydrogens is 367 g/mol. The molecule has 22 heavy (non-hydrogen) atoms. The standard InChI is InChI=1S/C14H13BrF3NO3/c15-9-3-4-10(11(6-9)14(16,17)18)12(20)19-5-1-2-8(7-19)13(21)22/h3-4,6,8H,1-2,5,7H2,(H,21,22). The van der Waals surface area contributed by atoms with Crippen molar-refractivity contribution in [3.05, 3.63) is 33.8 Å². The molecule has 1 fully saturated rings. The van der Waals surface area contributed by atoms with Gasteiger partial charge in [0, 0.05) is 17.6 Å². The Morgan fingerprint density at radius 1 is 1.32 bits per heavy atom. The lowest BCUT2D eigenvalue weighted by Crippen LogP contribution is -2.42. The molecule has 1 aromatic carbocycles. The third-order valence-electron chi connectivity index (χ3n) is 3.58. The SMILES string of the molecule is O=C(O)C1CCCN(C(=O)c2ccc(Br)cc2C(F)(F)F)C1. The second-order valence-corrected chi connectivity index (χ2v) is 6.03. The number of carboxylic acid groups (broad SMARTS) is 1. The van der Waals surface area contributed by atoms with E-state index in [0.717, 1.165) is 12.1 Å². The highest BCUT2D eigenvalue weighted by Gasteiger charge is 2.37. The maximum Gasteiger partial charge on any atom is 0.417 e. The topological polar surface area (TPSA) is 57.6 Å². The van der Waals surface area contributed by atoms with Gasteiger partial charge in [0.05, 0.1) is 17.0 Å². The first-order valence-corrected chi connectivity index (χ1v) is 7.38. The fraction of sp³-hybridized carbons (Fsp3) is 0.429. The van der Waals surface area contributed by atoms with Crippen LogP contribution in [0, 0.1) is 5.92 Å². The van der Waals surface area contributed by atoms with Gasteiger partial charge in [0.2, 0.25) is 0 Å². The number of piperidine rings is 1. The number of carboxylic acids is 1. The molecular formula is C14H13BrF3NO3. The van der Waals surface area contributed by atoms with E-state index in [1.165, 1.54) is 11.0 Å². The molecule has 2 rings (SSSR count). The molecule has 0 spiro atoms. The summed E-state index contributed by atoms with van der Waals surface area (Å²) in [6.07, 6.45) is -3.77. The minimum atomic E-state index is -4.66. The molecule has 8 heteroatoms. The lowest BCUT2D eigenvalue weighted by Gasteiger charge is -2.31. The molecule has 1 amide bonds. The van der Waals surface area contributed by atoms with Gasteiger partial charge in [-0.1, -0.05) is 15.9 Å². The third-order valence-corrected chi connectivity index (χ3v) is 4.07. The monoisotopic (exact) mass is 379 g/mol. The van der Waals surface area contributed by atoms with Crippen molar-refractivity contribution in [2.75, 3.05) is 13.1 Å². The van der Waals surface area contributed by atoms with E-state index in [9.17, 15) is 22.8 Å². The van der Waals surface area contributed by atoms with E-state index < -0.39 is 35.1 Å². The average molecular weight is 380 g/mol. The molecule has 1 heterocycles. The van der Waals surface area contributed by atoms with Crippen molar-refractivity contribution < 1.29 is 27.9 Å². The van der Waals surface area contributed by atoms with Gasteiger partial charge in [-0.25, -0.2) is 0 Å². The van der Waals surface area contributed by atoms with E-state index >= 15 is 0 Å². The molecule has 1 aromatic rings. The molecule has 0 aromatic heterocycles. The summed E-state index contributed by atoms with van der Waals surface area (Å²) in [7, 11) is 0. The summed E-state index contributed by atoms with van der Waals surface area (Å²) >= 11 is 2.96. The number of carbonyl (C=O) groups is 2. The molecule has 0 aliphatic carbocycles. The van der Waals surface area contributed by atoms with Crippen LogP contribution in [0.1, 0.15) is 28.8 Å². The predicted octanol–water partition coefficient (Wildman–Crippen LogP) is 3.40. The van der Waals surface area contributed by atoms with Gasteiger partial charge in [-0.15, -0.1) is 0 Å². The number of aliphatic carboxylic acids is 1. The zero-order valence-electron chi connectivity index (χ0n) is 11.4. The van der Waals surface area contributed by atoms with Gasteiger partial charge in [0.1, 0.15) is 0 Å². The van der Waals surface area contributed by atoms with Crippen molar-refractivity contribution in [2.24, 2.45) is 5.92 Å². The van der Waals surface area contributed by atoms with Gasteiger partial charge in [0.25, 0.3) is 5.91 Å². The summed E-state index contributed by atoms with van der Waals surface area (Å²) < 4.78 is 39.4. The maximum atomic E-state index is 13.1. The number of nitrogens with zero attached hydrogens (tertiary/aromatic N) is 1. The van der Waals surface area contributed by atoms with E-state index in [0.29, 0.717) is 12.8 Å². The van der Waals surface area contributed by atoms with Crippen molar-refractivity contribution >= 4 is 27.8 Å². The van der Waals surface area contributed by atoms with Crippen molar-refractivity contribution in [1.82, 2.24) is 4.90 Å². The number of amides is 1. The molecule has 120 valence electrons. The van der Waals surface area contributed by atoms with Crippen molar-refractivity contribution in [3.63, 3.8) is 0 Å². The largest absolute Gasteiger partial charge is 0.481 e. The number of benzene rings is 1. The summed E-state index contributed by atoms with van der Waals surface area (Å²) in [5.74, 6) is -2.56. The molecule has 0 bridgehead atoms. The number of halogens is 4. The second-order valence-electron chi connectivity index (χ2n) is 5.12. The highest BCUT2D eigenvalue weighted by molar-refractivity contribution is 9.10. The van der Waals surface area contributed by atoms with E-state index in [-0.39, 0.29) is 17.6 Å². The molecule has 0 saturated carbocycles. The average Bonchev–Trinajstić information content (AvgIpc) is 2.45. The summed E-state index contributed by atoms with van der Waals surface area (Å²) in [6.45, 7) is 0.192. The Hall–Kier alpha value is -1.57. The predicted molar refractivity (Wildman–Crippen MR) is 75.4 cm³/mol. The van der Waals surface area contributed by atoms with Gasteiger partial charge in [-0.3, -0.25) is 9.59 Å². The molecule has 1 unspecified atom stereocenters. The van der Waals surface area contributed by atoms with Crippen molar-refractivity contribution in [1.29, 1.82) is 0 Å². The van der Waals surface area contributed by atoms with Crippen LogP contribution >= 0.6 is 15.9 Å². The summed E-state index contributed by atoms with van der Waals surface area (Å²) in [5, 5.41) is 9.00. The molecule has 1 N–H and O–H groups in total. The van der Waals surface area contributed by atoms with Crippen LogP contribution in [0.5, 0.6) is 0 Å². The maximum absolute atomic E-state index is 13.1. The number of hydrogen-bond acceptors (Lipinski definition) is 2. The Bertz CT molecular complexity index is 603. The van der Waals surface area contributed by atoms with E-state index in [4.69, 9.17) is 5.11 Å². The molecule has 0 radical (unpaired) electrons.